The number of nitrogens with zero attached hydrogens (tertiary/aromatic N) is 3. The van der Waals surface area contributed by atoms with E-state index in [0.29, 0.717) is 15.3 Å². The van der Waals surface area contributed by atoms with Gasteiger partial charge in [0.25, 0.3) is 5.56 Å². The van der Waals surface area contributed by atoms with E-state index in [1.54, 1.807) is 22.7 Å². The van der Waals surface area contributed by atoms with Gasteiger partial charge in [-0.05, 0) is 29.0 Å². The van der Waals surface area contributed by atoms with E-state index in [9.17, 15) is 4.79 Å². The van der Waals surface area contributed by atoms with Gasteiger partial charge in [-0.25, -0.2) is 0 Å². The van der Waals surface area contributed by atoms with Crippen LogP contribution in [0.25, 0.3) is 21.7 Å². The van der Waals surface area contributed by atoms with Crippen molar-refractivity contribution in [1.82, 2.24) is 14.6 Å². The van der Waals surface area contributed by atoms with Crippen molar-refractivity contribution in [3.05, 3.63) is 54.8 Å². The molecule has 0 aliphatic rings. The molecule has 0 saturated carbocycles. The fourth-order valence-electron chi connectivity index (χ4n) is 1.85. The molecule has 0 radical (unpaired) electrons. The summed E-state index contributed by atoms with van der Waals surface area (Å²) >= 11 is 4.54. The second-order valence-electron chi connectivity index (χ2n) is 4.04. The summed E-state index contributed by atoms with van der Waals surface area (Å²) in [6.07, 6.45) is 1.89. The first-order valence-electron chi connectivity index (χ1n) is 5.80. The molecule has 7 heteroatoms. The van der Waals surface area contributed by atoms with Crippen molar-refractivity contribution in [3.8, 4) is 10.7 Å². The smallest absolute Gasteiger partial charge is 0.266 e. The molecular weight excluding hydrogens is 310 g/mol. The first-order valence-corrected chi connectivity index (χ1v) is 8.37. The van der Waals surface area contributed by atoms with E-state index < -0.39 is 0 Å². The third kappa shape index (κ3) is 1.91. The molecule has 98 valence electrons. The predicted molar refractivity (Wildman–Crippen MR) is 83.6 cm³/mol. The molecular formula is C13H7N3OS3. The van der Waals surface area contributed by atoms with Crippen molar-refractivity contribution in [2.24, 2.45) is 0 Å². The van der Waals surface area contributed by atoms with E-state index in [2.05, 4.69) is 10.1 Å². The van der Waals surface area contributed by atoms with Crippen LogP contribution in [-0.4, -0.2) is 14.6 Å². The molecule has 20 heavy (non-hydrogen) atoms. The summed E-state index contributed by atoms with van der Waals surface area (Å²) in [5.41, 5.74) is -0.103. The Balaban J connectivity index is 1.90. The Morgan fingerprint density at radius 1 is 1.15 bits per heavy atom. The number of aromatic nitrogens is 3. The van der Waals surface area contributed by atoms with Crippen molar-refractivity contribution < 1.29 is 0 Å². The van der Waals surface area contributed by atoms with Crippen LogP contribution in [0.5, 0.6) is 0 Å². The topological polar surface area (TPSA) is 47.3 Å². The quantitative estimate of drug-likeness (QED) is 0.571. The number of hydrogen-bond acceptors (Lipinski definition) is 6. The zero-order chi connectivity index (χ0) is 13.5. The summed E-state index contributed by atoms with van der Waals surface area (Å²) < 4.78 is 2.05. The maximum Gasteiger partial charge on any atom is 0.291 e. The van der Waals surface area contributed by atoms with E-state index in [1.807, 2.05) is 41.1 Å². The number of rotatable bonds is 2. The monoisotopic (exact) mass is 317 g/mol. The highest BCUT2D eigenvalue weighted by atomic mass is 32.1. The van der Waals surface area contributed by atoms with Crippen LogP contribution in [0.3, 0.4) is 0 Å². The van der Waals surface area contributed by atoms with Gasteiger partial charge in [-0.15, -0.1) is 27.8 Å². The molecule has 0 aromatic carbocycles. The molecule has 4 aromatic heterocycles. The van der Waals surface area contributed by atoms with Gasteiger partial charge in [0.1, 0.15) is 0 Å². The first kappa shape index (κ1) is 12.0. The number of fused-ring (bicyclic) bond motifs is 1. The largest absolute Gasteiger partial charge is 0.291 e. The fraction of sp³-hybridized carbons (Fsp3) is 0. The molecule has 4 rings (SSSR count). The highest BCUT2D eigenvalue weighted by Gasteiger charge is 2.12. The molecule has 4 heterocycles. The lowest BCUT2D eigenvalue weighted by molar-refractivity contribution is 0.938. The van der Waals surface area contributed by atoms with Gasteiger partial charge in [0, 0.05) is 4.88 Å². The van der Waals surface area contributed by atoms with Crippen LogP contribution >= 0.6 is 34.0 Å². The lowest BCUT2D eigenvalue weighted by Gasteiger charge is -1.84. The fourth-order valence-corrected chi connectivity index (χ4v) is 4.13. The summed E-state index contributed by atoms with van der Waals surface area (Å²) in [5.74, 6) is 0.617. The van der Waals surface area contributed by atoms with Crippen molar-refractivity contribution in [2.75, 3.05) is 0 Å². The highest BCUT2D eigenvalue weighted by molar-refractivity contribution is 7.15. The van der Waals surface area contributed by atoms with E-state index in [4.69, 9.17) is 0 Å². The molecule has 0 bridgehead atoms. The van der Waals surface area contributed by atoms with Gasteiger partial charge < -0.3 is 0 Å². The Labute approximate surface area is 125 Å². The minimum Gasteiger partial charge on any atom is -0.266 e. The van der Waals surface area contributed by atoms with E-state index in [-0.39, 0.29) is 5.56 Å². The molecule has 0 spiro atoms. The van der Waals surface area contributed by atoms with Crippen LogP contribution in [0.2, 0.25) is 0 Å². The first-order chi connectivity index (χ1) is 9.81. The van der Waals surface area contributed by atoms with Crippen molar-refractivity contribution in [3.63, 3.8) is 0 Å². The summed E-state index contributed by atoms with van der Waals surface area (Å²) in [7, 11) is 0. The maximum atomic E-state index is 12.3. The van der Waals surface area contributed by atoms with Gasteiger partial charge in [-0.3, -0.25) is 4.79 Å². The molecule has 0 fully saturated rings. The molecule has 0 atom stereocenters. The SMILES string of the molecule is O=c1/c(=C/c2cccs2)sc2nc(-c3cccs3)nn12. The number of hydrogen-bond donors (Lipinski definition) is 0. The third-order valence-corrected chi connectivity index (χ3v) is 5.38. The minimum absolute atomic E-state index is 0.103. The standard InChI is InChI=1S/C13H7N3OS3/c17-12-10(7-8-3-1-5-18-8)20-13-14-11(15-16(12)13)9-4-2-6-19-9/h1-7H/b10-7-. The molecule has 0 aliphatic heterocycles. The van der Waals surface area contributed by atoms with Crippen LogP contribution in [0.4, 0.5) is 0 Å². The number of thiazole rings is 1. The van der Waals surface area contributed by atoms with Gasteiger partial charge in [-0.1, -0.05) is 23.5 Å². The Hall–Kier alpha value is -1.83. The van der Waals surface area contributed by atoms with Gasteiger partial charge in [0.2, 0.25) is 4.96 Å². The zero-order valence-electron chi connectivity index (χ0n) is 10.0. The molecule has 0 unspecified atom stereocenters. The summed E-state index contributed by atoms with van der Waals surface area (Å²) in [5, 5.41) is 8.26. The van der Waals surface area contributed by atoms with Crippen LogP contribution < -0.4 is 10.1 Å². The van der Waals surface area contributed by atoms with E-state index in [1.165, 1.54) is 15.9 Å². The normalized spacial score (nSPS) is 12.5. The second-order valence-corrected chi connectivity index (χ2v) is 6.97. The van der Waals surface area contributed by atoms with Crippen LogP contribution in [-0.2, 0) is 0 Å². The van der Waals surface area contributed by atoms with Crippen molar-refractivity contribution in [2.45, 2.75) is 0 Å². The third-order valence-electron chi connectivity index (χ3n) is 2.74. The van der Waals surface area contributed by atoms with Gasteiger partial charge in [-0.2, -0.15) is 9.50 Å². The highest BCUT2D eigenvalue weighted by Crippen LogP contribution is 2.21. The predicted octanol–water partition coefficient (Wildman–Crippen LogP) is 2.49. The van der Waals surface area contributed by atoms with Crippen molar-refractivity contribution in [1.29, 1.82) is 0 Å². The number of thiophene rings is 2. The van der Waals surface area contributed by atoms with Crippen molar-refractivity contribution >= 4 is 45.0 Å². The van der Waals surface area contributed by atoms with Crippen LogP contribution in [0.1, 0.15) is 4.88 Å². The van der Waals surface area contributed by atoms with E-state index in [0.717, 1.165) is 9.75 Å². The molecule has 0 N–H and O–H groups in total. The average molecular weight is 317 g/mol. The Bertz CT molecular complexity index is 965. The molecule has 4 aromatic rings. The molecule has 4 nitrogen and oxygen atoms in total. The lowest BCUT2D eigenvalue weighted by atomic mass is 10.4. The van der Waals surface area contributed by atoms with Gasteiger partial charge in [0.05, 0.1) is 9.41 Å². The summed E-state index contributed by atoms with van der Waals surface area (Å²) in [6.45, 7) is 0. The van der Waals surface area contributed by atoms with E-state index >= 15 is 0 Å². The van der Waals surface area contributed by atoms with Gasteiger partial charge >= 0.3 is 0 Å². The Morgan fingerprint density at radius 3 is 2.70 bits per heavy atom. The van der Waals surface area contributed by atoms with Crippen LogP contribution in [0.15, 0.2) is 39.8 Å². The second kappa shape index (κ2) is 4.62. The molecule has 0 aliphatic carbocycles. The van der Waals surface area contributed by atoms with Gasteiger partial charge in [0.15, 0.2) is 5.82 Å². The maximum absolute atomic E-state index is 12.3. The average Bonchev–Trinajstić information content (AvgIpc) is 3.19. The lowest BCUT2D eigenvalue weighted by Crippen LogP contribution is -2.23. The summed E-state index contributed by atoms with van der Waals surface area (Å²) in [4.78, 5) is 19.4. The summed E-state index contributed by atoms with van der Waals surface area (Å²) in [6, 6.07) is 7.85. The Morgan fingerprint density at radius 2 is 2.00 bits per heavy atom. The minimum atomic E-state index is -0.103. The van der Waals surface area contributed by atoms with Crippen LogP contribution in [0, 0.1) is 0 Å². The molecule has 0 amide bonds. The Kier molecular flexibility index (Phi) is 2.76. The zero-order valence-corrected chi connectivity index (χ0v) is 12.5. The molecule has 0 saturated heterocycles.